The Morgan fingerprint density at radius 3 is 2.38 bits per heavy atom. The predicted octanol–water partition coefficient (Wildman–Crippen LogP) is 4.96. The third-order valence-corrected chi connectivity index (χ3v) is 3.94. The first-order valence-electron chi connectivity index (χ1n) is 9.31. The zero-order valence-corrected chi connectivity index (χ0v) is 16.0. The van der Waals surface area contributed by atoms with E-state index in [-0.39, 0.29) is 5.91 Å². The number of ether oxygens (including phenoxy) is 3. The Morgan fingerprint density at radius 1 is 0.828 bits per heavy atom. The number of benzene rings is 3. The fourth-order valence-electron chi connectivity index (χ4n) is 2.63. The Bertz CT molecular complexity index is 940. The van der Waals surface area contributed by atoms with Gasteiger partial charge in [0.15, 0.2) is 0 Å². The van der Waals surface area contributed by atoms with Crippen LogP contribution in [0.3, 0.4) is 0 Å². The van der Waals surface area contributed by atoms with Gasteiger partial charge in [-0.05, 0) is 36.4 Å². The topological polar surface area (TPSA) is 56.8 Å². The summed E-state index contributed by atoms with van der Waals surface area (Å²) in [6.45, 7) is 4.73. The van der Waals surface area contributed by atoms with E-state index in [2.05, 4.69) is 11.9 Å². The van der Waals surface area contributed by atoms with Gasteiger partial charge >= 0.3 is 0 Å². The fourth-order valence-corrected chi connectivity index (χ4v) is 2.63. The minimum atomic E-state index is -0.259. The fraction of sp³-hybridized carbons (Fsp3) is 0.125. The number of amides is 1. The minimum Gasteiger partial charge on any atom is -0.490 e. The molecule has 29 heavy (non-hydrogen) atoms. The second-order valence-electron chi connectivity index (χ2n) is 6.09. The van der Waals surface area contributed by atoms with Gasteiger partial charge in [0, 0.05) is 11.8 Å². The van der Waals surface area contributed by atoms with Gasteiger partial charge in [0.2, 0.25) is 0 Å². The van der Waals surface area contributed by atoms with Crippen LogP contribution < -0.4 is 19.5 Å². The van der Waals surface area contributed by atoms with E-state index in [9.17, 15) is 4.79 Å². The van der Waals surface area contributed by atoms with Crippen molar-refractivity contribution in [2.45, 2.75) is 0 Å². The minimum absolute atomic E-state index is 0.259. The van der Waals surface area contributed by atoms with Crippen LogP contribution in [0.5, 0.6) is 17.2 Å². The van der Waals surface area contributed by atoms with E-state index in [0.29, 0.717) is 42.6 Å². The lowest BCUT2D eigenvalue weighted by molar-refractivity contribution is 0.102. The van der Waals surface area contributed by atoms with Gasteiger partial charge in [-0.3, -0.25) is 4.79 Å². The van der Waals surface area contributed by atoms with Gasteiger partial charge in [-0.25, -0.2) is 0 Å². The largest absolute Gasteiger partial charge is 0.490 e. The van der Waals surface area contributed by atoms with Crippen molar-refractivity contribution in [3.63, 3.8) is 0 Å². The summed E-state index contributed by atoms with van der Waals surface area (Å²) in [5.74, 6) is 1.68. The molecular weight excluding hydrogens is 366 g/mol. The van der Waals surface area contributed by atoms with Crippen LogP contribution in [0.2, 0.25) is 0 Å². The zero-order chi connectivity index (χ0) is 20.3. The van der Waals surface area contributed by atoms with Crippen molar-refractivity contribution >= 4 is 11.6 Å². The average molecular weight is 389 g/mol. The second-order valence-corrected chi connectivity index (χ2v) is 6.09. The highest BCUT2D eigenvalue weighted by atomic mass is 16.5. The van der Waals surface area contributed by atoms with E-state index in [1.54, 1.807) is 36.4 Å². The molecule has 5 nitrogen and oxygen atoms in total. The number of carbonyl (C=O) groups is 1. The standard InChI is InChI=1S/C24H23NO4/c1-2-15-27-21-12-8-9-19(18-21)25-24(26)22-13-6-7-14-23(22)29-17-16-28-20-10-4-3-5-11-20/h2-14,18H,1,15-17H2,(H,25,26). The molecule has 0 spiro atoms. The Morgan fingerprint density at radius 2 is 1.55 bits per heavy atom. The summed E-state index contributed by atoms with van der Waals surface area (Å²) < 4.78 is 16.9. The summed E-state index contributed by atoms with van der Waals surface area (Å²) in [7, 11) is 0. The van der Waals surface area contributed by atoms with Gasteiger partial charge < -0.3 is 19.5 Å². The van der Waals surface area contributed by atoms with Gasteiger partial charge in [0.05, 0.1) is 5.56 Å². The van der Waals surface area contributed by atoms with E-state index >= 15 is 0 Å². The van der Waals surface area contributed by atoms with Gasteiger partial charge in [-0.2, -0.15) is 0 Å². The van der Waals surface area contributed by atoms with E-state index in [4.69, 9.17) is 14.2 Å². The molecule has 3 rings (SSSR count). The van der Waals surface area contributed by atoms with Gasteiger partial charge in [0.1, 0.15) is 37.1 Å². The first-order chi connectivity index (χ1) is 14.3. The average Bonchev–Trinajstić information content (AvgIpc) is 2.76. The Labute approximate surface area is 170 Å². The number of anilines is 1. The van der Waals surface area contributed by atoms with Crippen LogP contribution in [0.25, 0.3) is 0 Å². The highest BCUT2D eigenvalue weighted by molar-refractivity contribution is 6.06. The lowest BCUT2D eigenvalue weighted by Gasteiger charge is -2.13. The summed E-state index contributed by atoms with van der Waals surface area (Å²) in [4.78, 5) is 12.7. The molecule has 0 aliphatic rings. The molecule has 0 saturated heterocycles. The monoisotopic (exact) mass is 389 g/mol. The maximum absolute atomic E-state index is 12.7. The summed E-state index contributed by atoms with van der Waals surface area (Å²) in [6.07, 6.45) is 1.67. The molecule has 0 aromatic heterocycles. The third-order valence-electron chi connectivity index (χ3n) is 3.94. The van der Waals surface area contributed by atoms with Crippen LogP contribution in [-0.2, 0) is 0 Å². The van der Waals surface area contributed by atoms with Crippen molar-refractivity contribution in [3.05, 3.63) is 97.1 Å². The zero-order valence-electron chi connectivity index (χ0n) is 16.0. The number of rotatable bonds is 10. The summed E-state index contributed by atoms with van der Waals surface area (Å²) in [5, 5.41) is 2.88. The molecule has 0 radical (unpaired) electrons. The molecule has 1 N–H and O–H groups in total. The molecule has 0 aliphatic carbocycles. The molecular formula is C24H23NO4. The number of carbonyl (C=O) groups excluding carboxylic acids is 1. The smallest absolute Gasteiger partial charge is 0.259 e. The van der Waals surface area contributed by atoms with Crippen LogP contribution >= 0.6 is 0 Å². The first-order valence-corrected chi connectivity index (χ1v) is 9.31. The maximum atomic E-state index is 12.7. The van der Waals surface area contributed by atoms with Crippen molar-refractivity contribution in [1.82, 2.24) is 0 Å². The third kappa shape index (κ3) is 6.14. The number of nitrogens with one attached hydrogen (secondary N) is 1. The Kier molecular flexibility index (Phi) is 7.29. The van der Waals surface area contributed by atoms with Crippen LogP contribution in [-0.4, -0.2) is 25.7 Å². The lowest BCUT2D eigenvalue weighted by atomic mass is 10.2. The molecule has 0 atom stereocenters. The molecule has 1 amide bonds. The maximum Gasteiger partial charge on any atom is 0.259 e. The SMILES string of the molecule is C=CCOc1cccc(NC(=O)c2ccccc2OCCOc2ccccc2)c1. The lowest BCUT2D eigenvalue weighted by Crippen LogP contribution is -2.15. The van der Waals surface area contributed by atoms with E-state index < -0.39 is 0 Å². The second kappa shape index (κ2) is 10.6. The van der Waals surface area contributed by atoms with Crippen LogP contribution in [0, 0.1) is 0 Å². The van der Waals surface area contributed by atoms with Crippen molar-refractivity contribution in [2.24, 2.45) is 0 Å². The highest BCUT2D eigenvalue weighted by Gasteiger charge is 2.13. The molecule has 0 fully saturated rings. The van der Waals surface area contributed by atoms with Crippen molar-refractivity contribution in [2.75, 3.05) is 25.1 Å². The molecule has 3 aromatic carbocycles. The molecule has 3 aromatic rings. The molecule has 0 saturated carbocycles. The summed E-state index contributed by atoms with van der Waals surface area (Å²) in [6, 6.07) is 23.8. The van der Waals surface area contributed by atoms with Crippen LogP contribution in [0.1, 0.15) is 10.4 Å². The van der Waals surface area contributed by atoms with E-state index in [1.807, 2.05) is 48.5 Å². The van der Waals surface area contributed by atoms with Crippen LogP contribution in [0.4, 0.5) is 5.69 Å². The quantitative estimate of drug-likeness (QED) is 0.393. The Balaban J connectivity index is 1.59. The molecule has 0 bridgehead atoms. The summed E-state index contributed by atoms with van der Waals surface area (Å²) in [5.41, 5.74) is 1.09. The van der Waals surface area contributed by atoms with Gasteiger partial charge in [0.25, 0.3) is 5.91 Å². The van der Waals surface area contributed by atoms with Gasteiger partial charge in [-0.1, -0.05) is 49.1 Å². The normalized spacial score (nSPS) is 10.1. The van der Waals surface area contributed by atoms with E-state index in [1.165, 1.54) is 0 Å². The molecule has 148 valence electrons. The number of hydrogen-bond acceptors (Lipinski definition) is 4. The van der Waals surface area contributed by atoms with Gasteiger partial charge in [-0.15, -0.1) is 0 Å². The molecule has 0 heterocycles. The summed E-state index contributed by atoms with van der Waals surface area (Å²) >= 11 is 0. The molecule has 0 aliphatic heterocycles. The van der Waals surface area contributed by atoms with Crippen LogP contribution in [0.15, 0.2) is 91.5 Å². The molecule has 0 unspecified atom stereocenters. The predicted molar refractivity (Wildman–Crippen MR) is 114 cm³/mol. The van der Waals surface area contributed by atoms with Crippen molar-refractivity contribution < 1.29 is 19.0 Å². The Hall–Kier alpha value is -3.73. The van der Waals surface area contributed by atoms with E-state index in [0.717, 1.165) is 5.75 Å². The highest BCUT2D eigenvalue weighted by Crippen LogP contribution is 2.22. The van der Waals surface area contributed by atoms with Crippen molar-refractivity contribution in [1.29, 1.82) is 0 Å². The molecule has 5 heteroatoms. The number of para-hydroxylation sites is 2. The van der Waals surface area contributed by atoms with Crippen molar-refractivity contribution in [3.8, 4) is 17.2 Å². The number of hydrogen-bond donors (Lipinski definition) is 1. The first kappa shape index (κ1) is 20.0.